The monoisotopic (exact) mass is 164 g/mol. The highest BCUT2D eigenvalue weighted by Gasteiger charge is 2.21. The predicted molar refractivity (Wildman–Crippen MR) is 49.0 cm³/mol. The van der Waals surface area contributed by atoms with Crippen LogP contribution < -0.4 is 0 Å². The fourth-order valence-electron chi connectivity index (χ4n) is 2.06. The maximum Gasteiger partial charge on any atom is 0.0522 e. The first-order valence-electron chi connectivity index (χ1n) is 4.91. The highest BCUT2D eigenvalue weighted by Crippen LogP contribution is 2.27. The van der Waals surface area contributed by atoms with Gasteiger partial charge in [-0.2, -0.15) is 5.10 Å². The van der Waals surface area contributed by atoms with Gasteiger partial charge in [-0.15, -0.1) is 0 Å². The minimum absolute atomic E-state index is 0.897. The summed E-state index contributed by atoms with van der Waals surface area (Å²) in [6.45, 7) is 2.26. The van der Waals surface area contributed by atoms with Crippen molar-refractivity contribution in [2.75, 3.05) is 0 Å². The van der Waals surface area contributed by atoms with E-state index in [9.17, 15) is 0 Å². The third-order valence-corrected chi connectivity index (χ3v) is 2.77. The molecule has 1 aromatic heterocycles. The number of nitrogens with zero attached hydrogens (tertiary/aromatic N) is 1. The fourth-order valence-corrected chi connectivity index (χ4v) is 2.06. The number of aromatic amines is 1. The van der Waals surface area contributed by atoms with E-state index in [1.165, 1.54) is 43.4 Å². The first-order chi connectivity index (χ1) is 5.90. The van der Waals surface area contributed by atoms with E-state index in [0.29, 0.717) is 0 Å². The van der Waals surface area contributed by atoms with E-state index in [0.717, 1.165) is 5.92 Å². The number of nitrogens with one attached hydrogen (secondary N) is 1. The first-order valence-corrected chi connectivity index (χ1v) is 4.91. The van der Waals surface area contributed by atoms with Gasteiger partial charge in [0.25, 0.3) is 0 Å². The van der Waals surface area contributed by atoms with Gasteiger partial charge < -0.3 is 0 Å². The normalized spacial score (nSPS) is 21.2. The van der Waals surface area contributed by atoms with Crippen LogP contribution in [-0.2, 0) is 12.8 Å². The molecule has 1 heterocycles. The molecule has 1 aliphatic carbocycles. The number of unbranched alkanes of at least 4 members (excludes halogenated alkanes) is 1. The van der Waals surface area contributed by atoms with Crippen LogP contribution in [0.25, 0.3) is 0 Å². The SMILES string of the molecule is CCCCC1Cc2cn[nH]c2C1. The zero-order chi connectivity index (χ0) is 8.39. The Morgan fingerprint density at radius 3 is 3.25 bits per heavy atom. The van der Waals surface area contributed by atoms with Crippen molar-refractivity contribution in [1.82, 2.24) is 10.2 Å². The van der Waals surface area contributed by atoms with Crippen molar-refractivity contribution in [3.05, 3.63) is 17.5 Å². The Kier molecular flexibility index (Phi) is 2.15. The molecule has 0 aromatic carbocycles. The molecule has 0 aliphatic heterocycles. The lowest BCUT2D eigenvalue weighted by Gasteiger charge is -2.06. The van der Waals surface area contributed by atoms with Crippen LogP contribution in [0.2, 0.25) is 0 Å². The number of hydrogen-bond donors (Lipinski definition) is 1. The summed E-state index contributed by atoms with van der Waals surface area (Å²) in [4.78, 5) is 0. The second kappa shape index (κ2) is 3.30. The van der Waals surface area contributed by atoms with Gasteiger partial charge in [-0.3, -0.25) is 5.10 Å². The zero-order valence-electron chi connectivity index (χ0n) is 7.64. The van der Waals surface area contributed by atoms with Crippen LogP contribution in [0.5, 0.6) is 0 Å². The van der Waals surface area contributed by atoms with E-state index in [2.05, 4.69) is 17.1 Å². The second-order valence-electron chi connectivity index (χ2n) is 3.79. The van der Waals surface area contributed by atoms with Gasteiger partial charge in [0.15, 0.2) is 0 Å². The molecule has 0 saturated carbocycles. The van der Waals surface area contributed by atoms with Crippen LogP contribution in [0.1, 0.15) is 37.4 Å². The Morgan fingerprint density at radius 1 is 1.58 bits per heavy atom. The van der Waals surface area contributed by atoms with Gasteiger partial charge in [0.1, 0.15) is 0 Å². The number of aromatic nitrogens is 2. The summed E-state index contributed by atoms with van der Waals surface area (Å²) in [7, 11) is 0. The van der Waals surface area contributed by atoms with Crippen molar-refractivity contribution >= 4 is 0 Å². The fraction of sp³-hybridized carbons (Fsp3) is 0.700. The van der Waals surface area contributed by atoms with E-state index in [-0.39, 0.29) is 0 Å². The van der Waals surface area contributed by atoms with E-state index in [4.69, 9.17) is 0 Å². The summed E-state index contributed by atoms with van der Waals surface area (Å²) in [5.74, 6) is 0.897. The quantitative estimate of drug-likeness (QED) is 0.729. The molecule has 66 valence electrons. The van der Waals surface area contributed by atoms with Crippen molar-refractivity contribution in [3.8, 4) is 0 Å². The molecule has 1 aromatic rings. The standard InChI is InChI=1S/C10H16N2/c1-2-3-4-8-5-9-7-11-12-10(9)6-8/h7-8H,2-6H2,1H3,(H,11,12). The van der Waals surface area contributed by atoms with Crippen LogP contribution in [0.3, 0.4) is 0 Å². The zero-order valence-corrected chi connectivity index (χ0v) is 7.64. The van der Waals surface area contributed by atoms with Crippen molar-refractivity contribution < 1.29 is 0 Å². The summed E-state index contributed by atoms with van der Waals surface area (Å²) < 4.78 is 0. The third kappa shape index (κ3) is 1.38. The largest absolute Gasteiger partial charge is 0.282 e. The summed E-state index contributed by atoms with van der Waals surface area (Å²) in [6, 6.07) is 0. The molecule has 0 fully saturated rings. The molecule has 0 radical (unpaired) electrons. The Balaban J connectivity index is 1.90. The molecule has 1 aliphatic rings. The molecule has 1 unspecified atom stereocenters. The van der Waals surface area contributed by atoms with Gasteiger partial charge in [-0.25, -0.2) is 0 Å². The number of fused-ring (bicyclic) bond motifs is 1. The lowest BCUT2D eigenvalue weighted by Crippen LogP contribution is -1.99. The van der Waals surface area contributed by atoms with E-state index in [1.54, 1.807) is 0 Å². The van der Waals surface area contributed by atoms with Gasteiger partial charge in [0.05, 0.1) is 6.20 Å². The number of hydrogen-bond acceptors (Lipinski definition) is 1. The summed E-state index contributed by atoms with van der Waals surface area (Å²) in [5, 5.41) is 7.11. The molecule has 0 bridgehead atoms. The maximum atomic E-state index is 4.03. The Bertz CT molecular complexity index is 232. The first kappa shape index (κ1) is 7.84. The molecular weight excluding hydrogens is 148 g/mol. The summed E-state index contributed by atoms with van der Waals surface area (Å²) >= 11 is 0. The lowest BCUT2D eigenvalue weighted by atomic mass is 10.00. The minimum Gasteiger partial charge on any atom is -0.282 e. The van der Waals surface area contributed by atoms with Crippen molar-refractivity contribution in [2.45, 2.75) is 39.0 Å². The van der Waals surface area contributed by atoms with Gasteiger partial charge in [0, 0.05) is 5.69 Å². The second-order valence-corrected chi connectivity index (χ2v) is 3.79. The topological polar surface area (TPSA) is 28.7 Å². The summed E-state index contributed by atoms with van der Waals surface area (Å²) in [6.07, 6.45) is 8.56. The highest BCUT2D eigenvalue weighted by molar-refractivity contribution is 5.22. The molecule has 0 spiro atoms. The molecule has 1 atom stereocenters. The van der Waals surface area contributed by atoms with E-state index < -0.39 is 0 Å². The van der Waals surface area contributed by atoms with Crippen molar-refractivity contribution in [3.63, 3.8) is 0 Å². The molecule has 1 N–H and O–H groups in total. The Labute approximate surface area is 73.4 Å². The van der Waals surface area contributed by atoms with Crippen LogP contribution in [0.15, 0.2) is 6.20 Å². The Hall–Kier alpha value is -0.790. The third-order valence-electron chi connectivity index (χ3n) is 2.77. The predicted octanol–water partition coefficient (Wildman–Crippen LogP) is 2.31. The molecule has 2 rings (SSSR count). The van der Waals surface area contributed by atoms with Gasteiger partial charge in [-0.05, 0) is 30.7 Å². The number of H-pyrrole nitrogens is 1. The molecule has 0 saturated heterocycles. The molecular formula is C10H16N2. The maximum absolute atomic E-state index is 4.03. The minimum atomic E-state index is 0.897. The average Bonchev–Trinajstić information content (AvgIpc) is 2.58. The van der Waals surface area contributed by atoms with Crippen LogP contribution >= 0.6 is 0 Å². The Morgan fingerprint density at radius 2 is 2.50 bits per heavy atom. The molecule has 0 amide bonds. The van der Waals surface area contributed by atoms with Crippen LogP contribution in [0, 0.1) is 5.92 Å². The van der Waals surface area contributed by atoms with Crippen LogP contribution in [0.4, 0.5) is 0 Å². The smallest absolute Gasteiger partial charge is 0.0522 e. The van der Waals surface area contributed by atoms with Gasteiger partial charge in [0.2, 0.25) is 0 Å². The van der Waals surface area contributed by atoms with Crippen molar-refractivity contribution in [2.24, 2.45) is 5.92 Å². The number of rotatable bonds is 3. The summed E-state index contributed by atoms with van der Waals surface area (Å²) in [5.41, 5.74) is 2.84. The average molecular weight is 164 g/mol. The van der Waals surface area contributed by atoms with Gasteiger partial charge >= 0.3 is 0 Å². The van der Waals surface area contributed by atoms with E-state index >= 15 is 0 Å². The lowest BCUT2D eigenvalue weighted by molar-refractivity contribution is 0.484. The molecule has 2 heteroatoms. The van der Waals surface area contributed by atoms with E-state index in [1.807, 2.05) is 6.20 Å². The highest BCUT2D eigenvalue weighted by atomic mass is 15.1. The molecule has 12 heavy (non-hydrogen) atoms. The van der Waals surface area contributed by atoms with Gasteiger partial charge in [-0.1, -0.05) is 19.8 Å². The molecule has 2 nitrogen and oxygen atoms in total. The van der Waals surface area contributed by atoms with Crippen LogP contribution in [-0.4, -0.2) is 10.2 Å². The van der Waals surface area contributed by atoms with Crippen molar-refractivity contribution in [1.29, 1.82) is 0 Å².